The lowest BCUT2D eigenvalue weighted by molar-refractivity contribution is 0.0950. The number of nitrogens with one attached hydrogen (secondary N) is 1. The van der Waals surface area contributed by atoms with Crippen LogP contribution in [-0.2, 0) is 16.6 Å². The summed E-state index contributed by atoms with van der Waals surface area (Å²) in [6.45, 7) is 0.102. The highest BCUT2D eigenvalue weighted by atomic mass is 32.2. The monoisotopic (exact) mass is 292 g/mol. The molecule has 2 heterocycles. The number of amides is 1. The summed E-state index contributed by atoms with van der Waals surface area (Å²) >= 11 is 0. The van der Waals surface area contributed by atoms with Gasteiger partial charge in [0.05, 0.1) is 12.2 Å². The van der Waals surface area contributed by atoms with Gasteiger partial charge < -0.3 is 5.32 Å². The molecule has 0 spiro atoms. The first-order chi connectivity index (χ1) is 9.47. The number of pyridine rings is 2. The van der Waals surface area contributed by atoms with Crippen LogP contribution >= 0.6 is 0 Å². The second kappa shape index (κ2) is 5.76. The number of primary sulfonamides is 1. The Balaban J connectivity index is 2.07. The lowest BCUT2D eigenvalue weighted by Gasteiger charge is -2.05. The van der Waals surface area contributed by atoms with Crippen LogP contribution in [0.3, 0.4) is 0 Å². The zero-order valence-corrected chi connectivity index (χ0v) is 11.2. The molecule has 0 bridgehead atoms. The van der Waals surface area contributed by atoms with Crippen molar-refractivity contribution < 1.29 is 13.2 Å². The van der Waals surface area contributed by atoms with E-state index in [0.717, 1.165) is 0 Å². The molecule has 7 nitrogen and oxygen atoms in total. The molecule has 0 aliphatic carbocycles. The van der Waals surface area contributed by atoms with Gasteiger partial charge in [-0.1, -0.05) is 6.07 Å². The molecule has 3 N–H and O–H groups in total. The molecule has 0 saturated heterocycles. The minimum absolute atomic E-state index is 0.102. The largest absolute Gasteiger partial charge is 0.346 e. The van der Waals surface area contributed by atoms with Gasteiger partial charge >= 0.3 is 0 Å². The number of hydrogen-bond donors (Lipinski definition) is 2. The molecule has 2 aromatic heterocycles. The average Bonchev–Trinajstić information content (AvgIpc) is 2.45. The van der Waals surface area contributed by atoms with Crippen LogP contribution in [0.25, 0.3) is 0 Å². The molecular formula is C12H12N4O3S. The summed E-state index contributed by atoms with van der Waals surface area (Å²) in [4.78, 5) is 19.5. The maximum Gasteiger partial charge on any atom is 0.255 e. The van der Waals surface area contributed by atoms with Crippen LogP contribution in [0.2, 0.25) is 0 Å². The first-order valence-corrected chi connectivity index (χ1v) is 7.18. The number of nitrogens with two attached hydrogens (primary N) is 1. The van der Waals surface area contributed by atoms with Crippen LogP contribution in [0.5, 0.6) is 0 Å². The van der Waals surface area contributed by atoms with Crippen LogP contribution in [0.15, 0.2) is 47.8 Å². The molecule has 8 heteroatoms. The van der Waals surface area contributed by atoms with Crippen LogP contribution in [0.4, 0.5) is 0 Å². The van der Waals surface area contributed by atoms with Crippen LogP contribution in [0, 0.1) is 0 Å². The van der Waals surface area contributed by atoms with Gasteiger partial charge in [-0.15, -0.1) is 0 Å². The zero-order valence-electron chi connectivity index (χ0n) is 10.4. The van der Waals surface area contributed by atoms with E-state index in [9.17, 15) is 13.2 Å². The summed E-state index contributed by atoms with van der Waals surface area (Å²) < 4.78 is 22.3. The second-order valence-corrected chi connectivity index (χ2v) is 5.44. The standard InChI is InChI=1S/C12H12N4O3S/c13-20(18,19)11-3-1-2-10(16-11)8-15-12(17)9-4-6-14-7-5-9/h1-7H,8H2,(H,15,17)(H2,13,18,19). The number of aromatic nitrogens is 2. The van der Waals surface area contributed by atoms with Crippen molar-refractivity contribution in [2.45, 2.75) is 11.6 Å². The van der Waals surface area contributed by atoms with Crippen molar-refractivity contribution in [2.24, 2.45) is 5.14 Å². The Kier molecular flexibility index (Phi) is 4.06. The molecule has 0 aromatic carbocycles. The maximum absolute atomic E-state index is 11.8. The van der Waals surface area contributed by atoms with Crippen LogP contribution < -0.4 is 10.5 Å². The zero-order chi connectivity index (χ0) is 14.6. The molecule has 2 aromatic rings. The van der Waals surface area contributed by atoms with Gasteiger partial charge in [-0.05, 0) is 24.3 Å². The van der Waals surface area contributed by atoms with Crippen molar-refractivity contribution in [1.82, 2.24) is 15.3 Å². The number of hydrogen-bond acceptors (Lipinski definition) is 5. The Hall–Kier alpha value is -2.32. The molecule has 0 saturated carbocycles. The highest BCUT2D eigenvalue weighted by molar-refractivity contribution is 7.89. The van der Waals surface area contributed by atoms with E-state index >= 15 is 0 Å². The van der Waals surface area contributed by atoms with E-state index in [4.69, 9.17) is 5.14 Å². The lowest BCUT2D eigenvalue weighted by Crippen LogP contribution is -2.24. The van der Waals surface area contributed by atoms with Crippen molar-refractivity contribution in [3.8, 4) is 0 Å². The maximum atomic E-state index is 11.8. The first-order valence-electron chi connectivity index (χ1n) is 5.64. The summed E-state index contributed by atoms with van der Waals surface area (Å²) in [5.41, 5.74) is 0.863. The summed E-state index contributed by atoms with van der Waals surface area (Å²) in [7, 11) is -3.85. The summed E-state index contributed by atoms with van der Waals surface area (Å²) in [5, 5.41) is 7.39. The predicted octanol–water partition coefficient (Wildman–Crippen LogP) is 0.0540. The number of sulfonamides is 1. The molecule has 0 aliphatic rings. The number of rotatable bonds is 4. The van der Waals surface area contributed by atoms with Crippen molar-refractivity contribution in [3.63, 3.8) is 0 Å². The minimum atomic E-state index is -3.85. The van der Waals surface area contributed by atoms with Crippen molar-refractivity contribution in [1.29, 1.82) is 0 Å². The third-order valence-corrected chi connectivity index (χ3v) is 3.26. The van der Waals surface area contributed by atoms with E-state index in [-0.39, 0.29) is 17.5 Å². The van der Waals surface area contributed by atoms with Gasteiger partial charge in [0.25, 0.3) is 15.9 Å². The summed E-state index contributed by atoms with van der Waals surface area (Å²) in [5.74, 6) is -0.296. The molecular weight excluding hydrogens is 280 g/mol. The second-order valence-electron chi connectivity index (χ2n) is 3.93. The predicted molar refractivity (Wildman–Crippen MR) is 71.0 cm³/mol. The summed E-state index contributed by atoms with van der Waals surface area (Å²) in [6, 6.07) is 7.55. The van der Waals surface area contributed by atoms with Gasteiger partial charge in [-0.2, -0.15) is 0 Å². The molecule has 0 unspecified atom stereocenters. The highest BCUT2D eigenvalue weighted by Gasteiger charge is 2.10. The van der Waals surface area contributed by atoms with E-state index in [2.05, 4.69) is 15.3 Å². The van der Waals surface area contributed by atoms with Gasteiger partial charge in [0.2, 0.25) is 0 Å². The molecule has 0 fully saturated rings. The van der Waals surface area contributed by atoms with Crippen LogP contribution in [0.1, 0.15) is 16.1 Å². The van der Waals surface area contributed by atoms with E-state index in [1.165, 1.54) is 24.5 Å². The fraction of sp³-hybridized carbons (Fsp3) is 0.0833. The first kappa shape index (κ1) is 14.1. The number of nitrogens with zero attached hydrogens (tertiary/aromatic N) is 2. The van der Waals surface area contributed by atoms with Crippen molar-refractivity contribution in [2.75, 3.05) is 0 Å². The average molecular weight is 292 g/mol. The normalized spacial score (nSPS) is 11.1. The molecule has 1 amide bonds. The van der Waals surface area contributed by atoms with Gasteiger partial charge in [-0.3, -0.25) is 9.78 Å². The van der Waals surface area contributed by atoms with E-state index in [0.29, 0.717) is 11.3 Å². The number of carbonyl (C=O) groups excluding carboxylic acids is 1. The topological polar surface area (TPSA) is 115 Å². The smallest absolute Gasteiger partial charge is 0.255 e. The molecule has 0 atom stereocenters. The quantitative estimate of drug-likeness (QED) is 0.826. The third kappa shape index (κ3) is 3.59. The lowest BCUT2D eigenvalue weighted by atomic mass is 10.2. The van der Waals surface area contributed by atoms with Gasteiger partial charge in [0.1, 0.15) is 0 Å². The highest BCUT2D eigenvalue weighted by Crippen LogP contribution is 2.04. The summed E-state index contributed by atoms with van der Waals surface area (Å²) in [6.07, 6.45) is 3.02. The minimum Gasteiger partial charge on any atom is -0.346 e. The Morgan fingerprint density at radius 1 is 1.20 bits per heavy atom. The van der Waals surface area contributed by atoms with Gasteiger partial charge in [0, 0.05) is 18.0 Å². The van der Waals surface area contributed by atoms with E-state index < -0.39 is 10.0 Å². The fourth-order valence-electron chi connectivity index (χ4n) is 1.49. The Morgan fingerprint density at radius 2 is 1.90 bits per heavy atom. The van der Waals surface area contributed by atoms with Gasteiger partial charge in [0.15, 0.2) is 5.03 Å². The Morgan fingerprint density at radius 3 is 2.55 bits per heavy atom. The molecule has 0 radical (unpaired) electrons. The number of carbonyl (C=O) groups is 1. The van der Waals surface area contributed by atoms with Crippen LogP contribution in [-0.4, -0.2) is 24.3 Å². The Labute approximate surface area is 115 Å². The molecule has 104 valence electrons. The SMILES string of the molecule is NS(=O)(=O)c1cccc(CNC(=O)c2ccncc2)n1. The third-order valence-electron chi connectivity index (χ3n) is 2.45. The van der Waals surface area contributed by atoms with Crippen molar-refractivity contribution >= 4 is 15.9 Å². The molecule has 20 heavy (non-hydrogen) atoms. The molecule has 2 rings (SSSR count). The molecule has 0 aliphatic heterocycles. The fourth-order valence-corrected chi connectivity index (χ4v) is 2.00. The Bertz CT molecular complexity index is 716. The van der Waals surface area contributed by atoms with Gasteiger partial charge in [-0.25, -0.2) is 18.5 Å². The van der Waals surface area contributed by atoms with Crippen molar-refractivity contribution in [3.05, 3.63) is 54.0 Å². The van der Waals surface area contributed by atoms with E-state index in [1.807, 2.05) is 0 Å². The van der Waals surface area contributed by atoms with E-state index in [1.54, 1.807) is 18.2 Å².